The van der Waals surface area contributed by atoms with Crippen LogP contribution in [0.3, 0.4) is 0 Å². The van der Waals surface area contributed by atoms with Crippen LogP contribution in [-0.2, 0) is 16.9 Å². The van der Waals surface area contributed by atoms with Crippen LogP contribution < -0.4 is 0 Å². The molecule has 3 rings (SSSR count). The molecule has 0 aliphatic carbocycles. The van der Waals surface area contributed by atoms with Gasteiger partial charge in [0.25, 0.3) is 0 Å². The van der Waals surface area contributed by atoms with Crippen LogP contribution in [0.1, 0.15) is 23.6 Å². The third-order valence-corrected chi connectivity index (χ3v) is 4.36. The van der Waals surface area contributed by atoms with Crippen molar-refractivity contribution in [2.75, 3.05) is 0 Å². The van der Waals surface area contributed by atoms with E-state index in [2.05, 4.69) is 0 Å². The van der Waals surface area contributed by atoms with Crippen molar-refractivity contribution in [2.45, 2.75) is 25.2 Å². The van der Waals surface area contributed by atoms with Gasteiger partial charge in [-0.05, 0) is 23.6 Å². The van der Waals surface area contributed by atoms with E-state index in [4.69, 9.17) is 4.74 Å². The third kappa shape index (κ3) is 3.40. The Hall–Kier alpha value is -2.42. The summed E-state index contributed by atoms with van der Waals surface area (Å²) in [5.74, 6) is 0. The SMILES string of the molecule is CC(OCc1ccccc1)C(O)(c1ccccc1)c1ccccc1. The summed E-state index contributed by atoms with van der Waals surface area (Å²) in [6.07, 6.45) is -0.400. The fourth-order valence-corrected chi connectivity index (χ4v) is 2.94. The Morgan fingerprint density at radius 3 is 1.62 bits per heavy atom. The lowest BCUT2D eigenvalue weighted by atomic mass is 9.82. The topological polar surface area (TPSA) is 29.5 Å². The zero-order valence-corrected chi connectivity index (χ0v) is 13.8. The van der Waals surface area contributed by atoms with Gasteiger partial charge in [-0.25, -0.2) is 0 Å². The highest BCUT2D eigenvalue weighted by Crippen LogP contribution is 2.34. The average Bonchev–Trinajstić information content (AvgIpc) is 2.67. The van der Waals surface area contributed by atoms with E-state index in [9.17, 15) is 5.11 Å². The highest BCUT2D eigenvalue weighted by Gasteiger charge is 2.38. The molecule has 3 aromatic carbocycles. The molecule has 1 unspecified atom stereocenters. The van der Waals surface area contributed by atoms with Gasteiger partial charge in [0.05, 0.1) is 12.7 Å². The van der Waals surface area contributed by atoms with E-state index >= 15 is 0 Å². The summed E-state index contributed by atoms with van der Waals surface area (Å²) in [6, 6.07) is 29.4. The quantitative estimate of drug-likeness (QED) is 0.723. The van der Waals surface area contributed by atoms with E-state index in [1.165, 1.54) is 0 Å². The van der Waals surface area contributed by atoms with Crippen molar-refractivity contribution in [3.63, 3.8) is 0 Å². The molecule has 0 aromatic heterocycles. The maximum atomic E-state index is 11.6. The lowest BCUT2D eigenvalue weighted by molar-refractivity contribution is -0.0871. The van der Waals surface area contributed by atoms with Crippen LogP contribution in [0.2, 0.25) is 0 Å². The first-order valence-corrected chi connectivity index (χ1v) is 8.20. The molecule has 0 saturated carbocycles. The second-order valence-corrected chi connectivity index (χ2v) is 5.94. The first kappa shape index (κ1) is 16.4. The Bertz CT molecular complexity index is 699. The summed E-state index contributed by atoms with van der Waals surface area (Å²) in [4.78, 5) is 0. The van der Waals surface area contributed by atoms with Gasteiger partial charge in [-0.1, -0.05) is 91.0 Å². The van der Waals surface area contributed by atoms with Crippen molar-refractivity contribution in [2.24, 2.45) is 0 Å². The van der Waals surface area contributed by atoms with Crippen LogP contribution in [0.5, 0.6) is 0 Å². The third-order valence-electron chi connectivity index (χ3n) is 4.36. The molecular formula is C22H22O2. The van der Waals surface area contributed by atoms with Gasteiger partial charge in [-0.15, -0.1) is 0 Å². The van der Waals surface area contributed by atoms with Gasteiger partial charge in [-0.3, -0.25) is 0 Å². The van der Waals surface area contributed by atoms with Crippen LogP contribution >= 0.6 is 0 Å². The predicted molar refractivity (Wildman–Crippen MR) is 96.6 cm³/mol. The fraction of sp³-hybridized carbons (Fsp3) is 0.182. The standard InChI is InChI=1S/C22H22O2/c1-18(24-17-19-11-5-2-6-12-19)22(23,20-13-7-3-8-14-20)21-15-9-4-10-16-21/h2-16,18,23H,17H2,1H3. The highest BCUT2D eigenvalue weighted by atomic mass is 16.5. The van der Waals surface area contributed by atoms with E-state index in [1.807, 2.05) is 97.9 Å². The minimum atomic E-state index is -1.20. The molecule has 0 heterocycles. The molecule has 1 N–H and O–H groups in total. The van der Waals surface area contributed by atoms with Gasteiger partial charge in [-0.2, -0.15) is 0 Å². The Morgan fingerprint density at radius 1 is 0.750 bits per heavy atom. The second kappa shape index (κ2) is 7.43. The van der Waals surface area contributed by atoms with E-state index in [-0.39, 0.29) is 0 Å². The second-order valence-electron chi connectivity index (χ2n) is 5.94. The van der Waals surface area contributed by atoms with Crippen LogP contribution in [-0.4, -0.2) is 11.2 Å². The van der Waals surface area contributed by atoms with Gasteiger partial charge >= 0.3 is 0 Å². The van der Waals surface area contributed by atoms with E-state index in [0.717, 1.165) is 16.7 Å². The van der Waals surface area contributed by atoms with Crippen LogP contribution in [0.15, 0.2) is 91.0 Å². The first-order valence-electron chi connectivity index (χ1n) is 8.20. The Balaban J connectivity index is 1.90. The predicted octanol–water partition coefficient (Wildman–Crippen LogP) is 4.53. The van der Waals surface area contributed by atoms with E-state index in [1.54, 1.807) is 0 Å². The van der Waals surface area contributed by atoms with Crippen molar-refractivity contribution >= 4 is 0 Å². The van der Waals surface area contributed by atoms with Crippen molar-refractivity contribution < 1.29 is 9.84 Å². The molecule has 0 saturated heterocycles. The highest BCUT2D eigenvalue weighted by molar-refractivity contribution is 5.37. The number of hydrogen-bond acceptors (Lipinski definition) is 2. The lowest BCUT2D eigenvalue weighted by Crippen LogP contribution is -2.40. The Labute approximate surface area is 143 Å². The zero-order valence-electron chi connectivity index (χ0n) is 13.8. The molecule has 24 heavy (non-hydrogen) atoms. The smallest absolute Gasteiger partial charge is 0.140 e. The summed E-state index contributed by atoms with van der Waals surface area (Å²) in [7, 11) is 0. The molecular weight excluding hydrogens is 296 g/mol. The van der Waals surface area contributed by atoms with Crippen molar-refractivity contribution in [3.8, 4) is 0 Å². The Morgan fingerprint density at radius 2 is 1.17 bits per heavy atom. The molecule has 122 valence electrons. The molecule has 0 spiro atoms. The monoisotopic (exact) mass is 318 g/mol. The fourth-order valence-electron chi connectivity index (χ4n) is 2.94. The maximum absolute atomic E-state index is 11.6. The summed E-state index contributed by atoms with van der Waals surface area (Å²) < 4.78 is 6.05. The number of aliphatic hydroxyl groups is 1. The molecule has 0 bridgehead atoms. The molecule has 0 amide bonds. The van der Waals surface area contributed by atoms with Gasteiger partial charge in [0, 0.05) is 0 Å². The summed E-state index contributed by atoms with van der Waals surface area (Å²) in [6.45, 7) is 2.38. The molecule has 0 aliphatic rings. The van der Waals surface area contributed by atoms with Crippen LogP contribution in [0, 0.1) is 0 Å². The molecule has 2 nitrogen and oxygen atoms in total. The van der Waals surface area contributed by atoms with Gasteiger partial charge in [0.15, 0.2) is 0 Å². The normalized spacial score (nSPS) is 12.8. The molecule has 0 radical (unpaired) electrons. The Kier molecular flexibility index (Phi) is 5.09. The largest absolute Gasteiger partial charge is 0.378 e. The lowest BCUT2D eigenvalue weighted by Gasteiger charge is -2.35. The van der Waals surface area contributed by atoms with E-state index in [0.29, 0.717) is 6.61 Å². The number of rotatable bonds is 6. The van der Waals surface area contributed by atoms with Gasteiger partial charge < -0.3 is 9.84 Å². The summed E-state index contributed by atoms with van der Waals surface area (Å²) in [5, 5.41) is 11.6. The van der Waals surface area contributed by atoms with Gasteiger partial charge in [0.1, 0.15) is 5.60 Å². The minimum Gasteiger partial charge on any atom is -0.378 e. The molecule has 2 heteroatoms. The van der Waals surface area contributed by atoms with Crippen LogP contribution in [0.4, 0.5) is 0 Å². The van der Waals surface area contributed by atoms with Crippen LogP contribution in [0.25, 0.3) is 0 Å². The number of hydrogen-bond donors (Lipinski definition) is 1. The molecule has 0 fully saturated rings. The van der Waals surface area contributed by atoms with E-state index < -0.39 is 11.7 Å². The summed E-state index contributed by atoms with van der Waals surface area (Å²) >= 11 is 0. The van der Waals surface area contributed by atoms with Crippen molar-refractivity contribution in [3.05, 3.63) is 108 Å². The molecule has 0 aliphatic heterocycles. The number of benzene rings is 3. The first-order chi connectivity index (χ1) is 11.7. The zero-order chi connectivity index (χ0) is 16.8. The molecule has 1 atom stereocenters. The summed E-state index contributed by atoms with van der Waals surface area (Å²) in [5.41, 5.74) is 1.55. The average molecular weight is 318 g/mol. The minimum absolute atomic E-state index is 0.400. The van der Waals surface area contributed by atoms with Crippen molar-refractivity contribution in [1.82, 2.24) is 0 Å². The van der Waals surface area contributed by atoms with Crippen molar-refractivity contribution in [1.29, 1.82) is 0 Å². The molecule has 3 aromatic rings. The maximum Gasteiger partial charge on any atom is 0.140 e. The number of ether oxygens (including phenoxy) is 1. The van der Waals surface area contributed by atoms with Gasteiger partial charge in [0.2, 0.25) is 0 Å².